The van der Waals surface area contributed by atoms with Crippen LogP contribution in [0.5, 0.6) is 0 Å². The van der Waals surface area contributed by atoms with Gasteiger partial charge in [0, 0.05) is 18.5 Å². The van der Waals surface area contributed by atoms with Gasteiger partial charge in [-0.3, -0.25) is 0 Å². The molecular weight excluding hydrogens is 494 g/mol. The summed E-state index contributed by atoms with van der Waals surface area (Å²) in [6.07, 6.45) is 2.43. The van der Waals surface area contributed by atoms with Gasteiger partial charge in [-0.25, -0.2) is 22.9 Å². The van der Waals surface area contributed by atoms with Crippen LogP contribution < -0.4 is 10.6 Å². The van der Waals surface area contributed by atoms with E-state index in [0.29, 0.717) is 31.6 Å². The van der Waals surface area contributed by atoms with Crippen LogP contribution in [0.25, 0.3) is 0 Å². The molecule has 2 heterocycles. The number of ether oxygens (including phenoxy) is 1. The van der Waals surface area contributed by atoms with E-state index in [9.17, 15) is 18.3 Å². The van der Waals surface area contributed by atoms with Gasteiger partial charge in [-0.1, -0.05) is 6.07 Å². The summed E-state index contributed by atoms with van der Waals surface area (Å²) >= 11 is 0. The highest BCUT2D eigenvalue weighted by Gasteiger charge is 2.29. The molecule has 1 aliphatic rings. The van der Waals surface area contributed by atoms with Crippen molar-refractivity contribution < 1.29 is 23.1 Å². The number of aromatic nitrogens is 3. The topological polar surface area (TPSA) is 135 Å². The number of sulfone groups is 1. The summed E-state index contributed by atoms with van der Waals surface area (Å²) in [5.41, 5.74) is 0.0238. The van der Waals surface area contributed by atoms with E-state index in [1.54, 1.807) is 32.9 Å². The molecule has 0 bridgehead atoms. The molecule has 3 N–H and O–H groups in total. The maximum atomic E-state index is 12.9. The molecule has 0 unspecified atom stereocenters. The summed E-state index contributed by atoms with van der Waals surface area (Å²) in [6.45, 7) is 11.8. The first kappa shape index (κ1) is 28.9. The quantitative estimate of drug-likeness (QED) is 0.400. The van der Waals surface area contributed by atoms with Gasteiger partial charge in [0.1, 0.15) is 17.2 Å². The van der Waals surface area contributed by atoms with Crippen LogP contribution in [-0.4, -0.2) is 58.4 Å². The molecule has 0 saturated heterocycles. The average Bonchev–Trinajstić information content (AvgIpc) is 3.38. The number of hydrogen-bond acceptors (Lipinski definition) is 8. The number of unbranched alkanes of at least 4 members (excludes halogenated alkanes) is 1. The Hall–Kier alpha value is -2.66. The maximum absolute atomic E-state index is 12.9. The Bertz CT molecular complexity index is 1180. The largest absolute Gasteiger partial charge is 0.444 e. The normalized spacial score (nSPS) is 18.6. The molecule has 206 valence electrons. The van der Waals surface area contributed by atoms with Crippen LogP contribution in [-0.2, 0) is 20.1 Å². The van der Waals surface area contributed by atoms with E-state index in [0.717, 1.165) is 24.4 Å². The number of aliphatic hydroxyl groups is 1. The van der Waals surface area contributed by atoms with Gasteiger partial charge in [-0.2, -0.15) is 5.10 Å². The van der Waals surface area contributed by atoms with Crippen LogP contribution in [0.3, 0.4) is 0 Å². The summed E-state index contributed by atoms with van der Waals surface area (Å²) in [6, 6.07) is 6.85. The van der Waals surface area contributed by atoms with Gasteiger partial charge in [0.05, 0.1) is 23.1 Å². The van der Waals surface area contributed by atoms with Gasteiger partial charge in [-0.15, -0.1) is 0 Å². The standard InChI is InChI=1S/C26H41N5O5S/c1-25(2,3)31-22(17-20(30-31)18-12-13-19(32)16-18)28-21-10-9-11-23(29-21)37(34,35)15-8-7-14-27-24(33)36-26(4,5)6/h9-11,17-19,32H,7-8,12-16H2,1-6H3,(H,27,33)(H,28,29)/t18-,19+/m0/s1. The van der Waals surface area contributed by atoms with E-state index in [4.69, 9.17) is 9.84 Å². The zero-order valence-corrected chi connectivity index (χ0v) is 23.6. The van der Waals surface area contributed by atoms with Crippen molar-refractivity contribution in [3.05, 3.63) is 30.0 Å². The van der Waals surface area contributed by atoms with Crippen molar-refractivity contribution in [3.63, 3.8) is 0 Å². The van der Waals surface area contributed by atoms with E-state index in [1.807, 2.05) is 31.5 Å². The molecule has 1 aliphatic carbocycles. The molecule has 11 heteroatoms. The summed E-state index contributed by atoms with van der Waals surface area (Å²) in [7, 11) is -3.60. The molecule has 37 heavy (non-hydrogen) atoms. The highest BCUT2D eigenvalue weighted by molar-refractivity contribution is 7.91. The summed E-state index contributed by atoms with van der Waals surface area (Å²) in [5.74, 6) is 1.26. The molecular formula is C26H41N5O5S. The minimum absolute atomic E-state index is 0.00133. The number of alkyl carbamates (subject to hydrolysis) is 1. The third-order valence-corrected chi connectivity index (χ3v) is 7.68. The zero-order valence-electron chi connectivity index (χ0n) is 22.7. The molecule has 2 aromatic rings. The zero-order chi connectivity index (χ0) is 27.4. The fourth-order valence-corrected chi connectivity index (χ4v) is 5.56. The van der Waals surface area contributed by atoms with Crippen molar-refractivity contribution in [2.45, 2.75) is 102 Å². The van der Waals surface area contributed by atoms with Gasteiger partial charge in [-0.05, 0) is 85.8 Å². The maximum Gasteiger partial charge on any atom is 0.407 e. The van der Waals surface area contributed by atoms with Gasteiger partial charge in [0.25, 0.3) is 0 Å². The van der Waals surface area contributed by atoms with E-state index in [-0.39, 0.29) is 28.3 Å². The number of pyridine rings is 1. The SMILES string of the molecule is CC(C)(C)OC(=O)NCCCCS(=O)(=O)c1cccc(Nc2cc([C@H]3CC[C@@H](O)C3)nn2C(C)(C)C)n1. The molecule has 1 saturated carbocycles. The monoisotopic (exact) mass is 535 g/mol. The van der Waals surface area contributed by atoms with Gasteiger partial charge < -0.3 is 20.5 Å². The number of hydrogen-bond donors (Lipinski definition) is 3. The van der Waals surface area contributed by atoms with Crippen molar-refractivity contribution in [1.29, 1.82) is 0 Å². The molecule has 0 spiro atoms. The average molecular weight is 536 g/mol. The second-order valence-electron chi connectivity index (χ2n) is 11.6. The predicted molar refractivity (Wildman–Crippen MR) is 143 cm³/mol. The van der Waals surface area contributed by atoms with E-state index < -0.39 is 21.5 Å². The van der Waals surface area contributed by atoms with Crippen molar-refractivity contribution in [2.75, 3.05) is 17.6 Å². The van der Waals surface area contributed by atoms with Crippen LogP contribution in [0.1, 0.15) is 85.3 Å². The molecule has 2 aromatic heterocycles. The number of amides is 1. The number of nitrogens with zero attached hydrogens (tertiary/aromatic N) is 3. The number of carbonyl (C=O) groups excluding carboxylic acids is 1. The molecule has 1 amide bonds. The summed E-state index contributed by atoms with van der Waals surface area (Å²) < 4.78 is 32.9. The van der Waals surface area contributed by atoms with Crippen LogP contribution in [0, 0.1) is 0 Å². The van der Waals surface area contributed by atoms with E-state index in [1.165, 1.54) is 6.07 Å². The Balaban J connectivity index is 1.64. The molecule has 0 aromatic carbocycles. The van der Waals surface area contributed by atoms with Crippen LogP contribution in [0.4, 0.5) is 16.4 Å². The minimum atomic E-state index is -3.60. The second kappa shape index (κ2) is 11.4. The van der Waals surface area contributed by atoms with Crippen molar-refractivity contribution in [3.8, 4) is 0 Å². The van der Waals surface area contributed by atoms with Gasteiger partial charge in [0.15, 0.2) is 14.9 Å². The first-order valence-corrected chi connectivity index (χ1v) is 14.5. The summed E-state index contributed by atoms with van der Waals surface area (Å²) in [5, 5.41) is 20.7. The summed E-state index contributed by atoms with van der Waals surface area (Å²) in [4.78, 5) is 16.1. The highest BCUT2D eigenvalue weighted by Crippen LogP contribution is 2.36. The number of aliphatic hydroxyl groups excluding tert-OH is 1. The predicted octanol–water partition coefficient (Wildman–Crippen LogP) is 4.48. The van der Waals surface area contributed by atoms with Crippen molar-refractivity contribution >= 4 is 27.6 Å². The van der Waals surface area contributed by atoms with Crippen LogP contribution >= 0.6 is 0 Å². The van der Waals surface area contributed by atoms with Gasteiger partial charge in [0.2, 0.25) is 0 Å². The molecule has 0 aliphatic heterocycles. The Morgan fingerprint density at radius 1 is 1.16 bits per heavy atom. The van der Waals surface area contributed by atoms with E-state index >= 15 is 0 Å². The molecule has 10 nitrogen and oxygen atoms in total. The van der Waals surface area contributed by atoms with Crippen LogP contribution in [0.2, 0.25) is 0 Å². The highest BCUT2D eigenvalue weighted by atomic mass is 32.2. The fourth-order valence-electron chi connectivity index (χ4n) is 4.24. The lowest BCUT2D eigenvalue weighted by atomic mass is 10.0. The lowest BCUT2D eigenvalue weighted by Gasteiger charge is -2.22. The number of rotatable bonds is 9. The Kier molecular flexibility index (Phi) is 8.89. The number of anilines is 2. The molecule has 1 fully saturated rings. The van der Waals surface area contributed by atoms with Crippen molar-refractivity contribution in [1.82, 2.24) is 20.1 Å². The smallest absolute Gasteiger partial charge is 0.407 e. The lowest BCUT2D eigenvalue weighted by Crippen LogP contribution is -2.33. The first-order valence-electron chi connectivity index (χ1n) is 12.9. The second-order valence-corrected chi connectivity index (χ2v) is 13.7. The minimum Gasteiger partial charge on any atom is -0.444 e. The Morgan fingerprint density at radius 3 is 2.51 bits per heavy atom. The first-order chi connectivity index (χ1) is 17.1. The van der Waals surface area contributed by atoms with Crippen LogP contribution in [0.15, 0.2) is 29.3 Å². The Labute approximate surface area is 220 Å². The number of carbonyl (C=O) groups is 1. The third kappa shape index (κ3) is 8.43. The fraction of sp³-hybridized carbons (Fsp3) is 0.654. The molecule has 2 atom stereocenters. The Morgan fingerprint density at radius 2 is 1.89 bits per heavy atom. The number of nitrogens with one attached hydrogen (secondary N) is 2. The molecule has 0 radical (unpaired) electrons. The van der Waals surface area contributed by atoms with Crippen molar-refractivity contribution in [2.24, 2.45) is 0 Å². The lowest BCUT2D eigenvalue weighted by molar-refractivity contribution is 0.0527. The van der Waals surface area contributed by atoms with E-state index in [2.05, 4.69) is 15.6 Å². The third-order valence-electron chi connectivity index (χ3n) is 5.99. The molecule has 3 rings (SSSR count). The van der Waals surface area contributed by atoms with Gasteiger partial charge >= 0.3 is 6.09 Å².